The Morgan fingerprint density at radius 2 is 1.81 bits per heavy atom. The van der Waals surface area contributed by atoms with E-state index in [2.05, 4.69) is 23.4 Å². The van der Waals surface area contributed by atoms with Gasteiger partial charge < -0.3 is 4.52 Å². The van der Waals surface area contributed by atoms with Gasteiger partial charge in [0.05, 0.1) is 15.4 Å². The zero-order valence-corrected chi connectivity index (χ0v) is 22.0. The number of nitro benzene ring substituents is 1. The van der Waals surface area contributed by atoms with Gasteiger partial charge in [-0.25, -0.2) is 8.42 Å². The van der Waals surface area contributed by atoms with Crippen LogP contribution in [-0.4, -0.2) is 18.5 Å². The number of aryl methyl sites for hydroxylation is 1. The van der Waals surface area contributed by atoms with Crippen LogP contribution in [0.15, 0.2) is 58.5 Å². The van der Waals surface area contributed by atoms with Crippen molar-refractivity contribution < 1.29 is 17.9 Å². The van der Waals surface area contributed by atoms with Crippen LogP contribution in [0.1, 0.15) is 67.4 Å². The average molecular weight is 512 g/mol. The van der Waals surface area contributed by atoms with Gasteiger partial charge in [-0.3, -0.25) is 14.8 Å². The second-order valence-electron chi connectivity index (χ2n) is 8.94. The van der Waals surface area contributed by atoms with Gasteiger partial charge in [0.1, 0.15) is 5.76 Å². The first-order valence-electron chi connectivity index (χ1n) is 12.1. The maximum atomic E-state index is 13.3. The molecule has 0 aliphatic carbocycles. The number of hydrogen-bond donors (Lipinski definition) is 1. The summed E-state index contributed by atoms with van der Waals surface area (Å²) >= 11 is 0. The highest BCUT2D eigenvalue weighted by Gasteiger charge is 2.29. The third kappa shape index (κ3) is 5.67. The molecular formula is C27H33N3O5S. The molecule has 9 heteroatoms. The molecule has 1 heterocycles. The Morgan fingerprint density at radius 1 is 1.08 bits per heavy atom. The fraction of sp³-hybridized carbons (Fsp3) is 0.370. The molecule has 1 N–H and O–H groups in total. The Labute approximate surface area is 212 Å². The van der Waals surface area contributed by atoms with Gasteiger partial charge in [-0.1, -0.05) is 68.1 Å². The minimum Gasteiger partial charge on any atom is -0.359 e. The molecule has 0 saturated carbocycles. The Morgan fingerprint density at radius 3 is 2.42 bits per heavy atom. The lowest BCUT2D eigenvalue weighted by Gasteiger charge is -2.18. The quantitative estimate of drug-likeness (QED) is 0.119. The largest absolute Gasteiger partial charge is 0.359 e. The van der Waals surface area contributed by atoms with Crippen LogP contribution in [-0.2, 0) is 10.0 Å². The van der Waals surface area contributed by atoms with Gasteiger partial charge in [0.25, 0.3) is 15.7 Å². The lowest BCUT2D eigenvalue weighted by Crippen LogP contribution is -2.15. The molecule has 1 unspecified atom stereocenters. The second-order valence-corrected chi connectivity index (χ2v) is 10.6. The molecule has 0 aliphatic rings. The van der Waals surface area contributed by atoms with Gasteiger partial charge >= 0.3 is 0 Å². The minimum atomic E-state index is -4.12. The minimum absolute atomic E-state index is 0.0198. The van der Waals surface area contributed by atoms with Crippen molar-refractivity contribution >= 4 is 21.5 Å². The van der Waals surface area contributed by atoms with E-state index in [0.717, 1.165) is 37.7 Å². The molecule has 1 atom stereocenters. The van der Waals surface area contributed by atoms with Gasteiger partial charge in [0.15, 0.2) is 5.82 Å². The first kappa shape index (κ1) is 27.1. The molecular weight excluding hydrogens is 478 g/mol. The third-order valence-electron chi connectivity index (χ3n) is 6.56. The summed E-state index contributed by atoms with van der Waals surface area (Å²) in [6.45, 7) is 11.2. The highest BCUT2D eigenvalue weighted by Crippen LogP contribution is 2.41. The van der Waals surface area contributed by atoms with Crippen molar-refractivity contribution in [3.05, 3.63) is 81.6 Å². The number of hydrogen-bond acceptors (Lipinski definition) is 6. The van der Waals surface area contributed by atoms with Crippen LogP contribution in [0.4, 0.5) is 11.5 Å². The highest BCUT2D eigenvalue weighted by atomic mass is 32.2. The predicted molar refractivity (Wildman–Crippen MR) is 142 cm³/mol. The number of allylic oxidation sites excluding steroid dienone is 1. The number of rotatable bonds is 12. The van der Waals surface area contributed by atoms with Gasteiger partial charge in [-0.15, -0.1) is 6.58 Å². The summed E-state index contributed by atoms with van der Waals surface area (Å²) < 4.78 is 34.2. The van der Waals surface area contributed by atoms with Crippen molar-refractivity contribution in [2.45, 2.75) is 70.6 Å². The number of sulfonamides is 1. The summed E-state index contributed by atoms with van der Waals surface area (Å²) in [6.07, 6.45) is 7.07. The van der Waals surface area contributed by atoms with Crippen LogP contribution in [0.25, 0.3) is 11.1 Å². The maximum Gasteiger partial charge on any atom is 0.280 e. The van der Waals surface area contributed by atoms with Crippen LogP contribution in [0.2, 0.25) is 0 Å². The Bertz CT molecular complexity index is 1360. The third-order valence-corrected chi connectivity index (χ3v) is 7.96. The first-order chi connectivity index (χ1) is 17.1. The summed E-state index contributed by atoms with van der Waals surface area (Å²) in [5.41, 5.74) is 2.29. The van der Waals surface area contributed by atoms with Crippen LogP contribution >= 0.6 is 0 Å². The van der Waals surface area contributed by atoms with Crippen LogP contribution < -0.4 is 4.72 Å². The number of nitro groups is 1. The molecule has 0 amide bonds. The molecule has 3 aromatic rings. The molecule has 192 valence electrons. The predicted octanol–water partition coefficient (Wildman–Crippen LogP) is 7.22. The number of aromatic nitrogens is 1. The molecule has 36 heavy (non-hydrogen) atoms. The standard InChI is InChI=1S/C27H33N3O5S/c1-6-8-9-10-13-21(7-2)22-16-17-24(26(19(22)4)30(31)32)23-14-11-12-15-25(23)36(33,34)29-27-18(3)20(5)35-28-27/h7,11-12,14-17,21H,2,6,8-10,13H2,1,3-5H3,(H,28,29). The monoisotopic (exact) mass is 511 g/mol. The Kier molecular flexibility index (Phi) is 8.68. The zero-order chi connectivity index (χ0) is 26.5. The van der Waals surface area contributed by atoms with E-state index in [1.807, 2.05) is 12.1 Å². The van der Waals surface area contributed by atoms with E-state index in [1.165, 1.54) is 6.07 Å². The lowest BCUT2D eigenvalue weighted by molar-refractivity contribution is -0.384. The van der Waals surface area contributed by atoms with E-state index in [0.29, 0.717) is 16.9 Å². The Balaban J connectivity index is 2.08. The average Bonchev–Trinajstić information content (AvgIpc) is 3.15. The second kappa shape index (κ2) is 11.5. The SMILES string of the molecule is C=CC(CCCCCC)c1ccc(-c2ccccc2S(=O)(=O)Nc2noc(C)c2C)c([N+](=O)[O-])c1C. The summed E-state index contributed by atoms with van der Waals surface area (Å²) in [5.74, 6) is 0.558. The van der Waals surface area contributed by atoms with Crippen molar-refractivity contribution in [2.75, 3.05) is 4.72 Å². The molecule has 2 aromatic carbocycles. The molecule has 0 radical (unpaired) electrons. The molecule has 1 aromatic heterocycles. The van der Waals surface area contributed by atoms with E-state index in [9.17, 15) is 18.5 Å². The summed E-state index contributed by atoms with van der Waals surface area (Å²) in [7, 11) is -4.12. The van der Waals surface area contributed by atoms with Crippen LogP contribution in [0.5, 0.6) is 0 Å². The molecule has 0 spiro atoms. The molecule has 3 rings (SSSR count). The summed E-state index contributed by atoms with van der Waals surface area (Å²) in [6, 6.07) is 9.73. The van der Waals surface area contributed by atoms with Gasteiger partial charge in [-0.2, -0.15) is 0 Å². The first-order valence-corrected chi connectivity index (χ1v) is 13.6. The van der Waals surface area contributed by atoms with Crippen molar-refractivity contribution in [2.24, 2.45) is 0 Å². The fourth-order valence-corrected chi connectivity index (χ4v) is 5.66. The number of benzene rings is 2. The van der Waals surface area contributed by atoms with Crippen molar-refractivity contribution in [1.82, 2.24) is 5.16 Å². The van der Waals surface area contributed by atoms with Crippen LogP contribution in [0.3, 0.4) is 0 Å². The molecule has 0 bridgehead atoms. The van der Waals surface area contributed by atoms with Crippen molar-refractivity contribution in [3.8, 4) is 11.1 Å². The van der Waals surface area contributed by atoms with E-state index in [-0.39, 0.29) is 33.4 Å². The Hall–Kier alpha value is -3.46. The van der Waals surface area contributed by atoms with Gasteiger partial charge in [0.2, 0.25) is 0 Å². The highest BCUT2D eigenvalue weighted by molar-refractivity contribution is 7.92. The van der Waals surface area contributed by atoms with Gasteiger partial charge in [-0.05, 0) is 44.9 Å². The fourth-order valence-electron chi connectivity index (χ4n) is 4.38. The summed E-state index contributed by atoms with van der Waals surface area (Å²) in [5, 5.41) is 16.1. The number of nitrogens with one attached hydrogen (secondary N) is 1. The van der Waals surface area contributed by atoms with Crippen molar-refractivity contribution in [3.63, 3.8) is 0 Å². The molecule has 0 aliphatic heterocycles. The van der Waals surface area contributed by atoms with E-state index in [4.69, 9.17) is 4.52 Å². The van der Waals surface area contributed by atoms with Crippen LogP contribution in [0, 0.1) is 30.9 Å². The van der Waals surface area contributed by atoms with Crippen molar-refractivity contribution in [1.29, 1.82) is 0 Å². The number of nitrogens with zero attached hydrogens (tertiary/aromatic N) is 2. The van der Waals surface area contributed by atoms with E-state index >= 15 is 0 Å². The van der Waals surface area contributed by atoms with E-state index < -0.39 is 14.9 Å². The smallest absolute Gasteiger partial charge is 0.280 e. The molecule has 0 saturated heterocycles. The molecule has 8 nitrogen and oxygen atoms in total. The van der Waals surface area contributed by atoms with Gasteiger partial charge in [0, 0.05) is 22.6 Å². The number of unbranched alkanes of at least 4 members (excludes halogenated alkanes) is 3. The topological polar surface area (TPSA) is 115 Å². The molecule has 0 fully saturated rings. The van der Waals surface area contributed by atoms with E-state index in [1.54, 1.807) is 45.0 Å². The summed E-state index contributed by atoms with van der Waals surface area (Å²) in [4.78, 5) is 11.7. The normalized spacial score (nSPS) is 12.3. The lowest BCUT2D eigenvalue weighted by atomic mass is 9.87. The maximum absolute atomic E-state index is 13.3. The number of anilines is 1. The zero-order valence-electron chi connectivity index (χ0n) is 21.2.